The molecule has 16 heteroatoms. The van der Waals surface area contributed by atoms with Crippen LogP contribution in [-0.4, -0.2) is 182 Å². The zero-order chi connectivity index (χ0) is 36.3. The van der Waals surface area contributed by atoms with Gasteiger partial charge in [-0.25, -0.2) is 0 Å². The number of unbranched alkanes of at least 4 members (excludes halogenated alkanes) is 2. The minimum absolute atomic E-state index is 0.00104. The van der Waals surface area contributed by atoms with Crippen LogP contribution in [-0.2, 0) is 25.6 Å². The van der Waals surface area contributed by atoms with Crippen LogP contribution in [0, 0.1) is 0 Å². The number of benzene rings is 1. The number of aryl methyl sites for hydroxylation is 1. The summed E-state index contributed by atoms with van der Waals surface area (Å²) >= 11 is 0. The Morgan fingerprint density at radius 3 is 1.29 bits per heavy atom. The van der Waals surface area contributed by atoms with E-state index in [1.165, 1.54) is 14.7 Å². The molecule has 1 fully saturated rings. The van der Waals surface area contributed by atoms with Crippen LogP contribution in [0.2, 0.25) is 0 Å². The fourth-order valence-electron chi connectivity index (χ4n) is 5.99. The van der Waals surface area contributed by atoms with E-state index in [1.807, 2.05) is 24.3 Å². The van der Waals surface area contributed by atoms with E-state index < -0.39 is 67.9 Å². The lowest BCUT2D eigenvalue weighted by Crippen LogP contribution is -2.57. The number of aliphatic hydroxyl groups excluding tert-OH is 3. The molecule has 0 saturated carbocycles. The molecule has 1 aromatic rings. The van der Waals surface area contributed by atoms with Gasteiger partial charge in [-0.05, 0) is 43.4 Å². The monoisotopic (exact) mass is 698 g/mol. The number of aliphatic carboxylic acids is 4. The number of aliphatic hydroxyl groups is 3. The Kier molecular flexibility index (Phi) is 19.1. The standard InChI is InChI=1S/C33H54N4O12/c1-2-3-20-49-25-10-8-24(9-11-25)6-4-5-7-26(30(41)42)34-12-14-35(27(21-38)31(43)44)16-18-37(29(23-40)33(47)48)19-17-36(15-13-34)28(22-39)32(45)46/h8-11,26-29,38-40H,2-7,12-23H2,1H3,(H,41,42)(H,43,44)(H,45,46)(H,47,48). The Hall–Kier alpha value is -3.38. The van der Waals surface area contributed by atoms with Crippen molar-refractivity contribution in [3.05, 3.63) is 29.8 Å². The fraction of sp³-hybridized carbons (Fsp3) is 0.697. The molecule has 0 bridgehead atoms. The number of nitrogens with zero attached hydrogens (tertiary/aromatic N) is 4. The van der Waals surface area contributed by atoms with Crippen molar-refractivity contribution < 1.29 is 59.7 Å². The summed E-state index contributed by atoms with van der Waals surface area (Å²) in [5.74, 6) is -4.24. The van der Waals surface area contributed by atoms with Gasteiger partial charge in [-0.2, -0.15) is 0 Å². The molecule has 1 saturated heterocycles. The Balaban J connectivity index is 2.28. The first kappa shape index (κ1) is 41.8. The summed E-state index contributed by atoms with van der Waals surface area (Å²) in [6.07, 6.45) is 4.26. The summed E-state index contributed by atoms with van der Waals surface area (Å²) < 4.78 is 5.71. The van der Waals surface area contributed by atoms with Crippen LogP contribution in [0.15, 0.2) is 24.3 Å². The van der Waals surface area contributed by atoms with Gasteiger partial charge < -0.3 is 40.5 Å². The van der Waals surface area contributed by atoms with E-state index in [0.717, 1.165) is 30.6 Å². The molecule has 1 heterocycles. The van der Waals surface area contributed by atoms with Crippen molar-refractivity contribution in [2.24, 2.45) is 0 Å². The molecule has 2 rings (SSSR count). The van der Waals surface area contributed by atoms with Crippen molar-refractivity contribution in [3.63, 3.8) is 0 Å². The SMILES string of the molecule is CCCCOc1ccc(CCCCC(C(=O)O)N2CCN(C(CO)C(=O)O)CCN(C(CO)C(=O)O)CCN(C(CO)C(=O)O)CC2)cc1. The van der Waals surface area contributed by atoms with Gasteiger partial charge in [-0.3, -0.25) is 38.8 Å². The van der Waals surface area contributed by atoms with Crippen molar-refractivity contribution in [1.29, 1.82) is 0 Å². The summed E-state index contributed by atoms with van der Waals surface area (Å²) in [5, 5.41) is 69.3. The molecular weight excluding hydrogens is 644 g/mol. The zero-order valence-electron chi connectivity index (χ0n) is 28.3. The molecule has 0 aromatic heterocycles. The summed E-state index contributed by atoms with van der Waals surface area (Å²) in [6.45, 7) is 0.410. The van der Waals surface area contributed by atoms with Gasteiger partial charge in [0, 0.05) is 52.4 Å². The molecule has 0 spiro atoms. The third kappa shape index (κ3) is 13.8. The summed E-state index contributed by atoms with van der Waals surface area (Å²) in [4.78, 5) is 54.6. The second-order valence-electron chi connectivity index (χ2n) is 12.2. The molecule has 0 radical (unpaired) electrons. The van der Waals surface area contributed by atoms with Crippen molar-refractivity contribution >= 4 is 23.9 Å². The van der Waals surface area contributed by atoms with Gasteiger partial charge >= 0.3 is 23.9 Å². The predicted octanol–water partition coefficient (Wildman–Crippen LogP) is -0.410. The molecule has 278 valence electrons. The van der Waals surface area contributed by atoms with Crippen LogP contribution >= 0.6 is 0 Å². The Morgan fingerprint density at radius 1 is 0.592 bits per heavy atom. The topological polar surface area (TPSA) is 232 Å². The molecule has 16 nitrogen and oxygen atoms in total. The average molecular weight is 699 g/mol. The van der Waals surface area contributed by atoms with Gasteiger partial charge in [0.25, 0.3) is 0 Å². The van der Waals surface area contributed by atoms with E-state index in [0.29, 0.717) is 19.4 Å². The van der Waals surface area contributed by atoms with E-state index >= 15 is 0 Å². The second-order valence-corrected chi connectivity index (χ2v) is 12.2. The fourth-order valence-corrected chi connectivity index (χ4v) is 5.99. The highest BCUT2D eigenvalue weighted by molar-refractivity contribution is 5.75. The first-order valence-corrected chi connectivity index (χ1v) is 16.9. The third-order valence-electron chi connectivity index (χ3n) is 9.00. The van der Waals surface area contributed by atoms with Crippen LogP contribution in [0.5, 0.6) is 5.75 Å². The van der Waals surface area contributed by atoms with Crippen molar-refractivity contribution in [2.75, 3.05) is 78.8 Å². The highest BCUT2D eigenvalue weighted by Crippen LogP contribution is 2.18. The van der Waals surface area contributed by atoms with Gasteiger partial charge in [0.05, 0.1) is 26.4 Å². The molecule has 0 amide bonds. The van der Waals surface area contributed by atoms with Crippen LogP contribution in [0.25, 0.3) is 0 Å². The quantitative estimate of drug-likeness (QED) is 0.0858. The van der Waals surface area contributed by atoms with Crippen molar-refractivity contribution in [2.45, 2.75) is 69.6 Å². The summed E-state index contributed by atoms with van der Waals surface area (Å²) in [6, 6.07) is 2.74. The van der Waals surface area contributed by atoms with Gasteiger partial charge in [0.1, 0.15) is 29.9 Å². The van der Waals surface area contributed by atoms with Crippen molar-refractivity contribution in [1.82, 2.24) is 19.6 Å². The van der Waals surface area contributed by atoms with Gasteiger partial charge in [0.2, 0.25) is 0 Å². The Morgan fingerprint density at radius 2 is 0.959 bits per heavy atom. The normalized spacial score (nSPS) is 18.8. The maximum absolute atomic E-state index is 12.6. The van der Waals surface area contributed by atoms with E-state index in [9.17, 15) is 54.9 Å². The minimum atomic E-state index is -1.37. The maximum Gasteiger partial charge on any atom is 0.323 e. The van der Waals surface area contributed by atoms with Gasteiger partial charge in [0.15, 0.2) is 0 Å². The summed E-state index contributed by atoms with van der Waals surface area (Å²) in [7, 11) is 0. The smallest absolute Gasteiger partial charge is 0.323 e. The minimum Gasteiger partial charge on any atom is -0.494 e. The van der Waals surface area contributed by atoms with Crippen LogP contribution in [0.4, 0.5) is 0 Å². The Labute approximate surface area is 287 Å². The first-order valence-electron chi connectivity index (χ1n) is 16.9. The number of carboxylic acids is 4. The third-order valence-corrected chi connectivity index (χ3v) is 9.00. The number of hydrogen-bond acceptors (Lipinski definition) is 12. The van der Waals surface area contributed by atoms with Crippen LogP contribution in [0.3, 0.4) is 0 Å². The molecule has 7 N–H and O–H groups in total. The molecular formula is C33H54N4O12. The second kappa shape index (κ2) is 22.4. The van der Waals surface area contributed by atoms with E-state index in [-0.39, 0.29) is 58.8 Å². The zero-order valence-corrected chi connectivity index (χ0v) is 28.3. The van der Waals surface area contributed by atoms with Crippen LogP contribution < -0.4 is 4.74 Å². The van der Waals surface area contributed by atoms with E-state index in [4.69, 9.17) is 4.74 Å². The number of rotatable bonds is 20. The molecule has 4 atom stereocenters. The number of carbonyl (C=O) groups is 4. The number of carboxylic acid groups (broad SMARTS) is 4. The van der Waals surface area contributed by atoms with E-state index in [2.05, 4.69) is 6.92 Å². The highest BCUT2D eigenvalue weighted by Gasteiger charge is 2.34. The highest BCUT2D eigenvalue weighted by atomic mass is 16.5. The molecule has 49 heavy (non-hydrogen) atoms. The molecule has 1 aliphatic heterocycles. The molecule has 4 unspecified atom stereocenters. The number of hydrogen-bond donors (Lipinski definition) is 7. The average Bonchev–Trinajstić information content (AvgIpc) is 3.05. The Bertz CT molecular complexity index is 1120. The lowest BCUT2D eigenvalue weighted by molar-refractivity contribution is -0.149. The van der Waals surface area contributed by atoms with Gasteiger partial charge in [-0.15, -0.1) is 0 Å². The molecule has 0 aliphatic carbocycles. The first-order chi connectivity index (χ1) is 23.5. The van der Waals surface area contributed by atoms with Gasteiger partial charge in [-0.1, -0.05) is 31.9 Å². The number of ether oxygens (including phenoxy) is 1. The predicted molar refractivity (Wildman–Crippen MR) is 178 cm³/mol. The van der Waals surface area contributed by atoms with Crippen LogP contribution in [0.1, 0.15) is 44.6 Å². The van der Waals surface area contributed by atoms with E-state index in [1.54, 1.807) is 4.90 Å². The lowest BCUT2D eigenvalue weighted by atomic mass is 10.0. The lowest BCUT2D eigenvalue weighted by Gasteiger charge is -2.39. The van der Waals surface area contributed by atoms with Crippen molar-refractivity contribution in [3.8, 4) is 5.75 Å². The maximum atomic E-state index is 12.6. The molecule has 1 aliphatic rings. The largest absolute Gasteiger partial charge is 0.494 e. The summed E-state index contributed by atoms with van der Waals surface area (Å²) in [5.41, 5.74) is 1.08. The molecule has 1 aromatic carbocycles.